The lowest BCUT2D eigenvalue weighted by atomic mass is 10.2. The second kappa shape index (κ2) is 6.20. The number of carbonyl (C=O) groups is 3. The quantitative estimate of drug-likeness (QED) is 0.476. The number of hydrogen-bond donors (Lipinski definition) is 4. The maximum absolute atomic E-state index is 11.8. The van der Waals surface area contributed by atoms with Crippen LogP contribution in [0, 0.1) is 0 Å². The normalized spacial score (nSPS) is 20.5. The van der Waals surface area contributed by atoms with Crippen LogP contribution in [0.5, 0.6) is 0 Å². The van der Waals surface area contributed by atoms with Crippen LogP contribution >= 0.6 is 0 Å². The molecule has 5 N–H and O–H groups in total. The van der Waals surface area contributed by atoms with E-state index in [2.05, 4.69) is 5.32 Å². The van der Waals surface area contributed by atoms with Crippen molar-refractivity contribution < 1.29 is 24.6 Å². The Morgan fingerprint density at radius 2 is 2.11 bits per heavy atom. The second-order valence-corrected chi connectivity index (χ2v) is 4.11. The highest BCUT2D eigenvalue weighted by molar-refractivity contribution is 5.88. The molecule has 0 aromatic heterocycles. The molecular formula is C10H17N3O5. The summed E-state index contributed by atoms with van der Waals surface area (Å²) in [7, 11) is 0. The van der Waals surface area contributed by atoms with Gasteiger partial charge in [0.05, 0.1) is 0 Å². The van der Waals surface area contributed by atoms with Crippen LogP contribution in [0.15, 0.2) is 0 Å². The summed E-state index contributed by atoms with van der Waals surface area (Å²) in [4.78, 5) is 35.0. The standard InChI is InChI=1S/C10H17N3O5/c11-8(15)7-2-1-4-13(7)10(18)12-6(3-5-14)9(16)17/h6-7,14H,1-5H2,(H2,11,15)(H,12,18)(H,16,17). The van der Waals surface area contributed by atoms with Crippen molar-refractivity contribution in [3.8, 4) is 0 Å². The number of carboxylic acids is 1. The maximum Gasteiger partial charge on any atom is 0.326 e. The molecule has 0 radical (unpaired) electrons. The summed E-state index contributed by atoms with van der Waals surface area (Å²) in [6.45, 7) is 0.0153. The van der Waals surface area contributed by atoms with Gasteiger partial charge >= 0.3 is 12.0 Å². The molecular weight excluding hydrogens is 242 g/mol. The second-order valence-electron chi connectivity index (χ2n) is 4.11. The van der Waals surface area contributed by atoms with Crippen molar-refractivity contribution in [2.45, 2.75) is 31.3 Å². The summed E-state index contributed by atoms with van der Waals surface area (Å²) >= 11 is 0. The molecule has 0 spiro atoms. The number of nitrogens with zero attached hydrogens (tertiary/aromatic N) is 1. The SMILES string of the molecule is NC(=O)C1CCCN1C(=O)NC(CCO)C(=O)O. The number of nitrogens with two attached hydrogens (primary N) is 1. The molecule has 102 valence electrons. The number of hydrogen-bond acceptors (Lipinski definition) is 4. The van der Waals surface area contributed by atoms with Gasteiger partial charge in [0.15, 0.2) is 0 Å². The third-order valence-corrected chi connectivity index (χ3v) is 2.86. The zero-order chi connectivity index (χ0) is 13.7. The zero-order valence-electron chi connectivity index (χ0n) is 9.83. The van der Waals surface area contributed by atoms with Gasteiger partial charge in [-0.25, -0.2) is 9.59 Å². The summed E-state index contributed by atoms with van der Waals surface area (Å²) in [5.41, 5.74) is 5.16. The Bertz CT molecular complexity index is 346. The van der Waals surface area contributed by atoms with E-state index in [0.29, 0.717) is 19.4 Å². The number of carbonyl (C=O) groups excluding carboxylic acids is 2. The Kier molecular flexibility index (Phi) is 4.90. The Balaban J connectivity index is 2.63. The minimum atomic E-state index is -1.23. The number of nitrogens with one attached hydrogen (secondary N) is 1. The molecule has 1 aliphatic rings. The van der Waals surface area contributed by atoms with Crippen LogP contribution in [0.3, 0.4) is 0 Å². The van der Waals surface area contributed by atoms with Crippen LogP contribution in [-0.2, 0) is 9.59 Å². The van der Waals surface area contributed by atoms with E-state index in [-0.39, 0.29) is 13.0 Å². The van der Waals surface area contributed by atoms with Gasteiger partial charge in [-0.2, -0.15) is 0 Å². The number of aliphatic carboxylic acids is 1. The van der Waals surface area contributed by atoms with Gasteiger partial charge in [-0.15, -0.1) is 0 Å². The van der Waals surface area contributed by atoms with E-state index in [9.17, 15) is 14.4 Å². The predicted octanol–water partition coefficient (Wildman–Crippen LogP) is -1.52. The first-order chi connectivity index (χ1) is 8.47. The van der Waals surface area contributed by atoms with Crippen LogP contribution < -0.4 is 11.1 Å². The minimum Gasteiger partial charge on any atom is -0.480 e. The van der Waals surface area contributed by atoms with E-state index in [4.69, 9.17) is 15.9 Å². The molecule has 1 saturated heterocycles. The summed E-state index contributed by atoms with van der Waals surface area (Å²) in [5.74, 6) is -1.83. The molecule has 1 rings (SSSR count). The lowest BCUT2D eigenvalue weighted by Gasteiger charge is -2.24. The molecule has 2 unspecified atom stereocenters. The maximum atomic E-state index is 11.8. The van der Waals surface area contributed by atoms with Crippen LogP contribution in [0.1, 0.15) is 19.3 Å². The number of carboxylic acid groups (broad SMARTS) is 1. The number of rotatable bonds is 5. The van der Waals surface area contributed by atoms with Crippen molar-refractivity contribution in [1.29, 1.82) is 0 Å². The molecule has 1 aliphatic heterocycles. The Morgan fingerprint density at radius 3 is 2.61 bits per heavy atom. The minimum absolute atomic E-state index is 0.0872. The highest BCUT2D eigenvalue weighted by Crippen LogP contribution is 2.16. The first kappa shape index (κ1) is 14.2. The number of aliphatic hydroxyl groups excluding tert-OH is 1. The lowest BCUT2D eigenvalue weighted by Crippen LogP contribution is -2.52. The molecule has 1 heterocycles. The van der Waals surface area contributed by atoms with Gasteiger partial charge in [0.2, 0.25) is 5.91 Å². The van der Waals surface area contributed by atoms with E-state index in [1.54, 1.807) is 0 Å². The Hall–Kier alpha value is -1.83. The highest BCUT2D eigenvalue weighted by atomic mass is 16.4. The van der Waals surface area contributed by atoms with E-state index in [0.717, 1.165) is 0 Å². The van der Waals surface area contributed by atoms with E-state index < -0.39 is 30.0 Å². The fraction of sp³-hybridized carbons (Fsp3) is 0.700. The van der Waals surface area contributed by atoms with Gasteiger partial charge in [-0.3, -0.25) is 4.79 Å². The summed E-state index contributed by atoms with van der Waals surface area (Å²) < 4.78 is 0. The van der Waals surface area contributed by atoms with Gasteiger partial charge in [0.25, 0.3) is 0 Å². The van der Waals surface area contributed by atoms with Crippen molar-refractivity contribution in [1.82, 2.24) is 10.2 Å². The van der Waals surface area contributed by atoms with Crippen molar-refractivity contribution in [3.05, 3.63) is 0 Å². The van der Waals surface area contributed by atoms with Gasteiger partial charge in [0, 0.05) is 19.6 Å². The Labute approximate surface area is 104 Å². The number of aliphatic hydroxyl groups is 1. The third-order valence-electron chi connectivity index (χ3n) is 2.86. The molecule has 0 aromatic rings. The first-order valence-corrected chi connectivity index (χ1v) is 5.67. The van der Waals surface area contributed by atoms with Crippen LogP contribution in [0.4, 0.5) is 4.79 Å². The van der Waals surface area contributed by atoms with Gasteiger partial charge < -0.3 is 26.2 Å². The summed E-state index contributed by atoms with van der Waals surface area (Å²) in [6, 6.07) is -2.50. The predicted molar refractivity (Wildman–Crippen MR) is 60.6 cm³/mol. The number of likely N-dealkylation sites (tertiary alicyclic amines) is 1. The molecule has 2 atom stereocenters. The average molecular weight is 259 g/mol. The van der Waals surface area contributed by atoms with Crippen LogP contribution in [0.2, 0.25) is 0 Å². The van der Waals surface area contributed by atoms with Gasteiger partial charge in [-0.05, 0) is 12.8 Å². The molecule has 1 fully saturated rings. The molecule has 0 aromatic carbocycles. The monoisotopic (exact) mass is 259 g/mol. The van der Waals surface area contributed by atoms with E-state index in [1.165, 1.54) is 4.90 Å². The van der Waals surface area contributed by atoms with E-state index in [1.807, 2.05) is 0 Å². The molecule has 8 nitrogen and oxygen atoms in total. The first-order valence-electron chi connectivity index (χ1n) is 5.67. The number of urea groups is 1. The molecule has 0 saturated carbocycles. The van der Waals surface area contributed by atoms with Crippen LogP contribution in [0.25, 0.3) is 0 Å². The molecule has 18 heavy (non-hydrogen) atoms. The largest absolute Gasteiger partial charge is 0.480 e. The lowest BCUT2D eigenvalue weighted by molar-refractivity contribution is -0.139. The zero-order valence-corrected chi connectivity index (χ0v) is 9.83. The van der Waals surface area contributed by atoms with Crippen molar-refractivity contribution in [3.63, 3.8) is 0 Å². The topological polar surface area (TPSA) is 133 Å². The fourth-order valence-electron chi connectivity index (χ4n) is 1.92. The fourth-order valence-corrected chi connectivity index (χ4v) is 1.92. The molecule has 0 aliphatic carbocycles. The molecule has 3 amide bonds. The molecule has 0 bridgehead atoms. The van der Waals surface area contributed by atoms with Gasteiger partial charge in [0.1, 0.15) is 12.1 Å². The van der Waals surface area contributed by atoms with Crippen molar-refractivity contribution in [2.75, 3.05) is 13.2 Å². The van der Waals surface area contributed by atoms with Crippen LogP contribution in [-0.4, -0.2) is 58.3 Å². The highest BCUT2D eigenvalue weighted by Gasteiger charge is 2.34. The average Bonchev–Trinajstić information content (AvgIpc) is 2.77. The number of primary amides is 1. The van der Waals surface area contributed by atoms with Crippen molar-refractivity contribution >= 4 is 17.9 Å². The Morgan fingerprint density at radius 1 is 1.44 bits per heavy atom. The summed E-state index contributed by atoms with van der Waals surface area (Å²) in [6.07, 6.45) is 1.05. The van der Waals surface area contributed by atoms with Gasteiger partial charge in [-0.1, -0.05) is 0 Å². The van der Waals surface area contributed by atoms with E-state index >= 15 is 0 Å². The molecule has 8 heteroatoms. The third kappa shape index (κ3) is 3.33. The number of amides is 3. The smallest absolute Gasteiger partial charge is 0.326 e. The van der Waals surface area contributed by atoms with Crippen molar-refractivity contribution in [2.24, 2.45) is 5.73 Å². The summed E-state index contributed by atoms with van der Waals surface area (Å²) in [5, 5.41) is 19.8.